The minimum absolute atomic E-state index is 0.0268. The summed E-state index contributed by atoms with van der Waals surface area (Å²) in [5.41, 5.74) is 0.854. The number of esters is 1. The zero-order valence-corrected chi connectivity index (χ0v) is 19.9. The molecule has 1 aliphatic heterocycles. The van der Waals surface area contributed by atoms with Gasteiger partial charge in [-0.15, -0.1) is 5.10 Å². The Morgan fingerprint density at radius 3 is 2.54 bits per heavy atom. The van der Waals surface area contributed by atoms with Crippen molar-refractivity contribution >= 4 is 12.0 Å². The summed E-state index contributed by atoms with van der Waals surface area (Å²) in [6, 6.07) is 16.5. The first kappa shape index (κ1) is 23.1. The first-order valence-electron chi connectivity index (χ1n) is 12.4. The standard InChI is InChI=1S/C27H30N4O4/c1-2-34-26(32)25-24(21-15-7-9-17-23(21)35-20-13-4-3-5-14-20)28-29-31(25)27(33)30-18-10-12-19-11-6-8-16-22(19)30/h3-5,7,9,13-15,17,19,22H,2,6,8,10-12,16,18H2,1H3. The quantitative estimate of drug-likeness (QED) is 0.452. The smallest absolute Gasteiger partial charge is 0.359 e. The predicted octanol–water partition coefficient (Wildman–Crippen LogP) is 5.54. The van der Waals surface area contributed by atoms with Crippen molar-refractivity contribution in [3.63, 3.8) is 0 Å². The Labute approximate surface area is 204 Å². The number of piperidine rings is 1. The molecule has 2 aliphatic rings. The van der Waals surface area contributed by atoms with Crippen LogP contribution < -0.4 is 4.74 Å². The molecule has 8 nitrogen and oxygen atoms in total. The van der Waals surface area contributed by atoms with Crippen LogP contribution in [0.5, 0.6) is 11.5 Å². The summed E-state index contributed by atoms with van der Waals surface area (Å²) < 4.78 is 12.6. The van der Waals surface area contributed by atoms with Gasteiger partial charge in [-0.2, -0.15) is 4.68 Å². The fourth-order valence-corrected chi connectivity index (χ4v) is 5.33. The lowest BCUT2D eigenvalue weighted by molar-refractivity contribution is 0.0506. The Balaban J connectivity index is 1.54. The fourth-order valence-electron chi connectivity index (χ4n) is 5.33. The van der Waals surface area contributed by atoms with E-state index in [4.69, 9.17) is 9.47 Å². The molecule has 5 rings (SSSR count). The highest BCUT2D eigenvalue weighted by Crippen LogP contribution is 2.37. The molecule has 1 aromatic heterocycles. The minimum Gasteiger partial charge on any atom is -0.461 e. The van der Waals surface area contributed by atoms with E-state index in [1.165, 1.54) is 6.42 Å². The van der Waals surface area contributed by atoms with Gasteiger partial charge in [-0.25, -0.2) is 9.59 Å². The second-order valence-electron chi connectivity index (χ2n) is 9.06. The van der Waals surface area contributed by atoms with E-state index in [0.717, 1.165) is 36.8 Å². The maximum Gasteiger partial charge on any atom is 0.359 e. The van der Waals surface area contributed by atoms with Crippen molar-refractivity contribution in [3.05, 3.63) is 60.3 Å². The van der Waals surface area contributed by atoms with Crippen molar-refractivity contribution in [2.45, 2.75) is 51.5 Å². The van der Waals surface area contributed by atoms with E-state index in [0.29, 0.717) is 29.5 Å². The molecule has 2 heterocycles. The van der Waals surface area contributed by atoms with E-state index in [1.54, 1.807) is 19.1 Å². The Morgan fingerprint density at radius 2 is 1.71 bits per heavy atom. The number of likely N-dealkylation sites (tertiary alicyclic amines) is 1. The van der Waals surface area contributed by atoms with Crippen LogP contribution >= 0.6 is 0 Å². The van der Waals surface area contributed by atoms with Crippen LogP contribution in [0, 0.1) is 5.92 Å². The Kier molecular flexibility index (Phi) is 6.79. The number of para-hydroxylation sites is 2. The molecular formula is C27H30N4O4. The van der Waals surface area contributed by atoms with E-state index < -0.39 is 5.97 Å². The van der Waals surface area contributed by atoms with Gasteiger partial charge in [0.25, 0.3) is 0 Å². The van der Waals surface area contributed by atoms with E-state index in [2.05, 4.69) is 10.3 Å². The van der Waals surface area contributed by atoms with Crippen molar-refractivity contribution < 1.29 is 19.1 Å². The normalized spacial score (nSPS) is 19.6. The lowest BCUT2D eigenvalue weighted by atomic mass is 9.78. The molecule has 2 atom stereocenters. The second kappa shape index (κ2) is 10.3. The summed E-state index contributed by atoms with van der Waals surface area (Å²) in [6.07, 6.45) is 6.56. The molecule has 1 saturated carbocycles. The van der Waals surface area contributed by atoms with Crippen molar-refractivity contribution in [1.82, 2.24) is 19.9 Å². The van der Waals surface area contributed by atoms with Gasteiger partial charge in [-0.05, 0) is 62.8 Å². The van der Waals surface area contributed by atoms with Crippen molar-refractivity contribution in [2.24, 2.45) is 5.92 Å². The number of amides is 1. The largest absolute Gasteiger partial charge is 0.461 e. The number of hydrogen-bond acceptors (Lipinski definition) is 6. The van der Waals surface area contributed by atoms with E-state index in [9.17, 15) is 9.59 Å². The van der Waals surface area contributed by atoms with E-state index in [-0.39, 0.29) is 30.1 Å². The molecule has 2 unspecified atom stereocenters. The topological polar surface area (TPSA) is 86.5 Å². The van der Waals surface area contributed by atoms with Crippen molar-refractivity contribution in [2.75, 3.05) is 13.2 Å². The SMILES string of the molecule is CCOC(=O)c1c(-c2ccccc2Oc2ccccc2)nnn1C(=O)N1CCCC2CCCCC21. The zero-order valence-electron chi connectivity index (χ0n) is 19.9. The van der Waals surface area contributed by atoms with Crippen LogP contribution in [0.4, 0.5) is 4.79 Å². The Morgan fingerprint density at radius 1 is 0.971 bits per heavy atom. The van der Waals surface area contributed by atoms with Crippen LogP contribution in [0.2, 0.25) is 0 Å². The molecule has 2 fully saturated rings. The number of ether oxygens (including phenoxy) is 2. The molecule has 0 N–H and O–H groups in total. The van der Waals surface area contributed by atoms with Gasteiger partial charge in [-0.1, -0.05) is 48.4 Å². The second-order valence-corrected chi connectivity index (χ2v) is 9.06. The maximum atomic E-state index is 13.8. The molecule has 182 valence electrons. The number of hydrogen-bond donors (Lipinski definition) is 0. The van der Waals surface area contributed by atoms with E-state index >= 15 is 0 Å². The molecule has 8 heteroatoms. The maximum absolute atomic E-state index is 13.8. The summed E-state index contributed by atoms with van der Waals surface area (Å²) in [7, 11) is 0. The van der Waals surface area contributed by atoms with Gasteiger partial charge in [0.1, 0.15) is 17.2 Å². The molecule has 0 spiro atoms. The first-order valence-corrected chi connectivity index (χ1v) is 12.4. The number of fused-ring (bicyclic) bond motifs is 1. The van der Waals surface area contributed by atoms with Gasteiger partial charge in [0.15, 0.2) is 5.69 Å². The molecular weight excluding hydrogens is 444 g/mol. The summed E-state index contributed by atoms with van der Waals surface area (Å²) in [6.45, 7) is 2.57. The number of aromatic nitrogens is 3. The molecule has 0 bridgehead atoms. The molecule has 0 radical (unpaired) electrons. The van der Waals surface area contributed by atoms with Crippen LogP contribution in [0.1, 0.15) is 55.9 Å². The fraction of sp³-hybridized carbons (Fsp3) is 0.407. The number of nitrogens with zero attached hydrogens (tertiary/aromatic N) is 4. The number of benzene rings is 2. The van der Waals surface area contributed by atoms with Gasteiger partial charge in [0.05, 0.1) is 6.61 Å². The van der Waals surface area contributed by atoms with Crippen molar-refractivity contribution in [1.29, 1.82) is 0 Å². The third kappa shape index (κ3) is 4.65. The van der Waals surface area contributed by atoms with Crippen LogP contribution in [-0.2, 0) is 4.74 Å². The number of carbonyl (C=O) groups is 2. The monoisotopic (exact) mass is 474 g/mol. The third-order valence-electron chi connectivity index (χ3n) is 6.92. The molecule has 1 amide bonds. The zero-order chi connectivity index (χ0) is 24.2. The van der Waals surface area contributed by atoms with Crippen molar-refractivity contribution in [3.8, 4) is 22.8 Å². The van der Waals surface area contributed by atoms with Gasteiger partial charge >= 0.3 is 12.0 Å². The lowest BCUT2D eigenvalue weighted by Crippen LogP contribution is -2.51. The molecule has 35 heavy (non-hydrogen) atoms. The highest BCUT2D eigenvalue weighted by Gasteiger charge is 2.38. The average molecular weight is 475 g/mol. The van der Waals surface area contributed by atoms with Gasteiger partial charge < -0.3 is 14.4 Å². The van der Waals surface area contributed by atoms with Crippen LogP contribution in [-0.4, -0.2) is 51.1 Å². The summed E-state index contributed by atoms with van der Waals surface area (Å²) in [5.74, 6) is 1.04. The molecule has 1 aliphatic carbocycles. The van der Waals surface area contributed by atoms with Crippen LogP contribution in [0.15, 0.2) is 54.6 Å². The minimum atomic E-state index is -0.632. The summed E-state index contributed by atoms with van der Waals surface area (Å²) >= 11 is 0. The Bertz CT molecular complexity index is 1190. The van der Waals surface area contributed by atoms with Gasteiger partial charge in [0, 0.05) is 18.2 Å². The molecule has 1 saturated heterocycles. The first-order chi connectivity index (χ1) is 17.2. The van der Waals surface area contributed by atoms with E-state index in [1.807, 2.05) is 47.4 Å². The highest BCUT2D eigenvalue weighted by atomic mass is 16.5. The predicted molar refractivity (Wildman–Crippen MR) is 130 cm³/mol. The molecule has 2 aromatic carbocycles. The van der Waals surface area contributed by atoms with Crippen LogP contribution in [0.25, 0.3) is 11.3 Å². The summed E-state index contributed by atoms with van der Waals surface area (Å²) in [4.78, 5) is 28.8. The summed E-state index contributed by atoms with van der Waals surface area (Å²) in [5, 5.41) is 8.47. The highest BCUT2D eigenvalue weighted by molar-refractivity contribution is 5.98. The third-order valence-corrected chi connectivity index (χ3v) is 6.92. The van der Waals surface area contributed by atoms with Crippen LogP contribution in [0.3, 0.4) is 0 Å². The van der Waals surface area contributed by atoms with Gasteiger partial charge in [-0.3, -0.25) is 0 Å². The number of rotatable bonds is 5. The lowest BCUT2D eigenvalue weighted by Gasteiger charge is -2.43. The Hall–Kier alpha value is -3.68. The number of carbonyl (C=O) groups excluding carboxylic acids is 2. The molecule has 3 aromatic rings. The van der Waals surface area contributed by atoms with Gasteiger partial charge in [0.2, 0.25) is 0 Å². The average Bonchev–Trinajstić information content (AvgIpc) is 3.34.